The van der Waals surface area contributed by atoms with Gasteiger partial charge < -0.3 is 0 Å². The maximum Gasteiger partial charge on any atom is 0.180 e. The predicted octanol–water partition coefficient (Wildman–Crippen LogP) is 7.24. The van der Waals surface area contributed by atoms with Gasteiger partial charge >= 0.3 is 0 Å². The number of benzene rings is 2. The average molecular weight is 676 g/mol. The minimum absolute atomic E-state index is 0.780. The van der Waals surface area contributed by atoms with Gasteiger partial charge in [-0.05, 0) is 11.1 Å². The van der Waals surface area contributed by atoms with Crippen LogP contribution in [-0.4, -0.2) is 12.3 Å². The zero-order valence-corrected chi connectivity index (χ0v) is 22.5. The summed E-state index contributed by atoms with van der Waals surface area (Å²) >= 11 is 0. The molecule has 4 atom stereocenters. The van der Waals surface area contributed by atoms with Gasteiger partial charge in [0.05, 0.1) is 34.8 Å². The van der Waals surface area contributed by atoms with Gasteiger partial charge in [0, 0.05) is 17.1 Å². The predicted molar refractivity (Wildman–Crippen MR) is 131 cm³/mol. The Hall–Kier alpha value is -6.50. The van der Waals surface area contributed by atoms with Crippen molar-refractivity contribution in [2.75, 3.05) is 0 Å². The highest BCUT2D eigenvalue weighted by Gasteiger charge is 2.54. The second-order valence-electron chi connectivity index (χ2n) is 9.53. The van der Waals surface area contributed by atoms with Gasteiger partial charge in [0.2, 0.25) is 0 Å². The number of nitriles is 6. The first-order valence-electron chi connectivity index (χ1n) is 12.3. The van der Waals surface area contributed by atoms with E-state index < -0.39 is 138 Å². The minimum atomic E-state index is -3.47. The van der Waals surface area contributed by atoms with Crippen LogP contribution in [0.15, 0.2) is 39.5 Å². The summed E-state index contributed by atoms with van der Waals surface area (Å²) in [6.45, 7) is 0. The number of halogens is 12. The molecule has 2 aliphatic carbocycles. The summed E-state index contributed by atoms with van der Waals surface area (Å²) in [5.41, 5.74) is -17.3. The van der Waals surface area contributed by atoms with E-state index in [-0.39, 0.29) is 0 Å². The van der Waals surface area contributed by atoms with Crippen LogP contribution in [0, 0.1) is 120 Å². The zero-order chi connectivity index (χ0) is 36.1. The van der Waals surface area contributed by atoms with Crippen LogP contribution in [0.25, 0.3) is 5.57 Å². The maximum atomic E-state index is 15.2. The highest BCUT2D eigenvalue weighted by molar-refractivity contribution is 5.91. The molecule has 0 aliphatic heterocycles. The van der Waals surface area contributed by atoms with E-state index in [1.165, 1.54) is 0 Å². The second kappa shape index (κ2) is 12.4. The molecule has 18 heteroatoms. The van der Waals surface area contributed by atoms with Crippen molar-refractivity contribution in [3.63, 3.8) is 0 Å². The maximum absolute atomic E-state index is 15.2. The van der Waals surface area contributed by atoms with E-state index in [0.29, 0.717) is 0 Å². The van der Waals surface area contributed by atoms with Crippen LogP contribution in [0.5, 0.6) is 0 Å². The van der Waals surface area contributed by atoms with Crippen LogP contribution in [0.2, 0.25) is 0 Å². The topological polar surface area (TPSA) is 143 Å². The van der Waals surface area contributed by atoms with Crippen LogP contribution in [0.4, 0.5) is 52.7 Å². The summed E-state index contributed by atoms with van der Waals surface area (Å²) in [6, 6.07) is 5.51. The van der Waals surface area contributed by atoms with Crippen molar-refractivity contribution in [3.05, 3.63) is 108 Å². The fourth-order valence-corrected chi connectivity index (χ4v) is 5.07. The molecule has 2 aliphatic rings. The smallest absolute Gasteiger partial charge is 0.180 e. The van der Waals surface area contributed by atoms with Crippen LogP contribution < -0.4 is 0 Å². The van der Waals surface area contributed by atoms with E-state index in [2.05, 4.69) is 0 Å². The van der Waals surface area contributed by atoms with E-state index in [9.17, 15) is 42.1 Å². The SMILES string of the molecule is N#CC1=C(F)C(F)=C(/C(C#N)=C2\C(=C(/C#N)c3c(F)c(F)c(C#N)c(F)c3F)C2C(C#N)c2c(F)c(F)c(C#N)c(F)c2F)C(F)C1F. The molecule has 238 valence electrons. The molecule has 4 rings (SSSR count). The van der Waals surface area contributed by atoms with Gasteiger partial charge in [-0.25, -0.2) is 52.7 Å². The number of rotatable bonds is 4. The number of hydrogen-bond acceptors (Lipinski definition) is 6. The van der Waals surface area contributed by atoms with Crippen molar-refractivity contribution in [2.45, 2.75) is 18.3 Å². The summed E-state index contributed by atoms with van der Waals surface area (Å²) in [7, 11) is 0. The number of hydrogen-bond donors (Lipinski definition) is 0. The molecule has 1 saturated carbocycles. The molecular formula is C30H4F12N6. The Bertz CT molecular complexity index is 2200. The van der Waals surface area contributed by atoms with Crippen molar-refractivity contribution in [1.82, 2.24) is 0 Å². The lowest BCUT2D eigenvalue weighted by Crippen LogP contribution is -2.28. The summed E-state index contributed by atoms with van der Waals surface area (Å²) in [4.78, 5) is 0. The van der Waals surface area contributed by atoms with Gasteiger partial charge in [-0.1, -0.05) is 0 Å². The van der Waals surface area contributed by atoms with Crippen LogP contribution in [0.1, 0.15) is 28.2 Å². The molecule has 0 spiro atoms. The summed E-state index contributed by atoms with van der Waals surface area (Å²) in [5.74, 6) is -29.7. The molecule has 0 saturated heterocycles. The molecular weight excluding hydrogens is 672 g/mol. The lowest BCUT2D eigenvalue weighted by atomic mass is 9.87. The number of alkyl halides is 2. The molecule has 2 aromatic carbocycles. The Labute approximate surface area is 259 Å². The largest absolute Gasteiger partial charge is 0.238 e. The first-order chi connectivity index (χ1) is 22.6. The van der Waals surface area contributed by atoms with Crippen molar-refractivity contribution in [2.24, 2.45) is 5.92 Å². The van der Waals surface area contributed by atoms with Gasteiger partial charge in [0.15, 0.2) is 70.5 Å². The quantitative estimate of drug-likeness (QED) is 0.190. The third-order valence-corrected chi connectivity index (χ3v) is 7.27. The Kier molecular flexibility index (Phi) is 8.85. The van der Waals surface area contributed by atoms with Gasteiger partial charge in [-0.15, -0.1) is 0 Å². The molecule has 6 nitrogen and oxygen atoms in total. The van der Waals surface area contributed by atoms with E-state index >= 15 is 26.3 Å². The Balaban J connectivity index is 2.24. The second-order valence-corrected chi connectivity index (χ2v) is 9.53. The molecule has 0 radical (unpaired) electrons. The minimum Gasteiger partial charge on any atom is -0.238 e. The molecule has 0 bridgehead atoms. The molecule has 2 aromatic rings. The number of nitrogens with zero attached hydrogens (tertiary/aromatic N) is 6. The monoisotopic (exact) mass is 676 g/mol. The van der Waals surface area contributed by atoms with Crippen LogP contribution in [-0.2, 0) is 0 Å². The Morgan fingerprint density at radius 2 is 0.958 bits per heavy atom. The van der Waals surface area contributed by atoms with Crippen molar-refractivity contribution >= 4 is 5.57 Å². The van der Waals surface area contributed by atoms with Crippen molar-refractivity contribution in [3.8, 4) is 36.4 Å². The van der Waals surface area contributed by atoms with E-state index in [4.69, 9.17) is 15.8 Å². The van der Waals surface area contributed by atoms with Crippen molar-refractivity contribution < 1.29 is 52.7 Å². The molecule has 0 heterocycles. The van der Waals surface area contributed by atoms with Crippen molar-refractivity contribution in [1.29, 1.82) is 31.6 Å². The zero-order valence-electron chi connectivity index (χ0n) is 22.5. The molecule has 48 heavy (non-hydrogen) atoms. The van der Waals surface area contributed by atoms with Crippen LogP contribution >= 0.6 is 0 Å². The fourth-order valence-electron chi connectivity index (χ4n) is 5.07. The van der Waals surface area contributed by atoms with Gasteiger partial charge in [0.25, 0.3) is 0 Å². The van der Waals surface area contributed by atoms with E-state index in [1.54, 1.807) is 0 Å². The highest BCUT2D eigenvalue weighted by Crippen LogP contribution is 2.60. The molecule has 1 fully saturated rings. The van der Waals surface area contributed by atoms with Gasteiger partial charge in [0.1, 0.15) is 41.0 Å². The first kappa shape index (κ1) is 34.4. The molecule has 0 amide bonds. The molecule has 0 aromatic heterocycles. The third kappa shape index (κ3) is 4.71. The molecule has 0 N–H and O–H groups in total. The van der Waals surface area contributed by atoms with E-state index in [0.717, 1.165) is 36.4 Å². The normalized spacial score (nSPS) is 21.2. The van der Waals surface area contributed by atoms with Crippen LogP contribution in [0.3, 0.4) is 0 Å². The summed E-state index contributed by atoms with van der Waals surface area (Å²) in [6.07, 6.45) is -6.81. The van der Waals surface area contributed by atoms with E-state index in [1.807, 2.05) is 0 Å². The fraction of sp³-hybridized carbons (Fsp3) is 0.133. The summed E-state index contributed by atoms with van der Waals surface area (Å²) < 4.78 is 178. The lowest BCUT2D eigenvalue weighted by Gasteiger charge is -2.21. The lowest BCUT2D eigenvalue weighted by molar-refractivity contribution is 0.217. The Morgan fingerprint density at radius 1 is 0.521 bits per heavy atom. The third-order valence-electron chi connectivity index (χ3n) is 7.27. The Morgan fingerprint density at radius 3 is 1.35 bits per heavy atom. The standard InChI is InChI=1S/C30H4F12N6/c31-19-10(4-46)20(32)26(38)16(25(19)37)7(1-43)13-14(8(2-44)17-27(39)21(33)11(5-47)22(34)28(17)40)15(13)9(3-45)18-29(41)23(35)12(6-48)24(36)30(18)42/h7,13,21,27H/b14-8-,15-9+. The first-order valence-corrected chi connectivity index (χ1v) is 12.3. The summed E-state index contributed by atoms with van der Waals surface area (Å²) in [5, 5.41) is 56.1. The van der Waals surface area contributed by atoms with Gasteiger partial charge in [-0.2, -0.15) is 31.6 Å². The highest BCUT2D eigenvalue weighted by atomic mass is 19.2. The average Bonchev–Trinajstić information content (AvgIpc) is 3.78. The van der Waals surface area contributed by atoms with Gasteiger partial charge in [-0.3, -0.25) is 0 Å². The molecule has 4 unspecified atom stereocenters. The number of allylic oxidation sites excluding steroid dienone is 8.